The maximum absolute atomic E-state index is 11.0. The molecule has 0 bridgehead atoms. The van der Waals surface area contributed by atoms with E-state index in [4.69, 9.17) is 9.84 Å². The molecular weight excluding hydrogens is 232 g/mol. The zero-order chi connectivity index (χ0) is 12.5. The molecule has 1 aliphatic carbocycles. The highest BCUT2D eigenvalue weighted by molar-refractivity contribution is 5.70. The van der Waals surface area contributed by atoms with E-state index in [0.29, 0.717) is 18.8 Å². The van der Waals surface area contributed by atoms with Gasteiger partial charge in [-0.25, -0.2) is 4.98 Å². The zero-order valence-corrected chi connectivity index (χ0v) is 10.3. The molecule has 0 spiro atoms. The first-order chi connectivity index (χ1) is 8.74. The van der Waals surface area contributed by atoms with Crippen molar-refractivity contribution < 1.29 is 14.6 Å². The maximum Gasteiger partial charge on any atom is 0.306 e. The molecule has 1 aliphatic heterocycles. The normalized spacial score (nSPS) is 27.8. The van der Waals surface area contributed by atoms with Gasteiger partial charge in [0, 0.05) is 24.6 Å². The van der Waals surface area contributed by atoms with E-state index in [1.807, 2.05) is 0 Å². The van der Waals surface area contributed by atoms with E-state index in [1.54, 1.807) is 0 Å². The highest BCUT2D eigenvalue weighted by Crippen LogP contribution is 2.29. The zero-order valence-electron chi connectivity index (χ0n) is 10.3. The van der Waals surface area contributed by atoms with Gasteiger partial charge in [0.05, 0.1) is 18.2 Å². The number of aliphatic carboxylic acids is 1. The number of imidazole rings is 1. The monoisotopic (exact) mass is 250 g/mol. The lowest BCUT2D eigenvalue weighted by atomic mass is 9.90. The first kappa shape index (κ1) is 11.7. The number of hydrogen-bond acceptors (Lipinski definition) is 3. The molecule has 5 heteroatoms. The minimum Gasteiger partial charge on any atom is -0.481 e. The number of ether oxygens (including phenoxy) is 1. The average molecular weight is 250 g/mol. The number of carboxylic acids is 1. The summed E-state index contributed by atoms with van der Waals surface area (Å²) in [6.07, 6.45) is 4.25. The summed E-state index contributed by atoms with van der Waals surface area (Å²) in [6, 6.07) is 0. The second kappa shape index (κ2) is 4.72. The van der Waals surface area contributed by atoms with Gasteiger partial charge in [-0.1, -0.05) is 0 Å². The molecule has 2 N–H and O–H groups in total. The van der Waals surface area contributed by atoms with E-state index in [1.165, 1.54) is 0 Å². The number of aryl methyl sites for hydroxylation is 1. The number of fused-ring (bicyclic) bond motifs is 1. The van der Waals surface area contributed by atoms with Gasteiger partial charge in [-0.3, -0.25) is 4.79 Å². The number of carbonyl (C=O) groups is 1. The maximum atomic E-state index is 11.0. The van der Waals surface area contributed by atoms with Gasteiger partial charge in [0.25, 0.3) is 0 Å². The van der Waals surface area contributed by atoms with Crippen LogP contribution in [-0.4, -0.2) is 34.3 Å². The van der Waals surface area contributed by atoms with Gasteiger partial charge in [0.2, 0.25) is 0 Å². The standard InChI is InChI=1S/C13H18N2O3/c16-13(17)8-3-4-10-11(6-8)15-12(14-10)9-2-1-5-18-7-9/h8-9H,1-7H2,(H,14,15)(H,16,17). The Morgan fingerprint density at radius 2 is 2.33 bits per heavy atom. The number of carboxylic acid groups (broad SMARTS) is 1. The van der Waals surface area contributed by atoms with Gasteiger partial charge in [-0.15, -0.1) is 0 Å². The molecule has 2 unspecified atom stereocenters. The van der Waals surface area contributed by atoms with Crippen molar-refractivity contribution in [3.8, 4) is 0 Å². The van der Waals surface area contributed by atoms with Gasteiger partial charge in [-0.2, -0.15) is 0 Å². The van der Waals surface area contributed by atoms with Crippen LogP contribution in [0.15, 0.2) is 0 Å². The number of nitrogens with one attached hydrogen (secondary N) is 1. The summed E-state index contributed by atoms with van der Waals surface area (Å²) < 4.78 is 5.47. The Balaban J connectivity index is 1.78. The van der Waals surface area contributed by atoms with Gasteiger partial charge in [0.1, 0.15) is 5.82 Å². The van der Waals surface area contributed by atoms with Crippen LogP contribution in [0.2, 0.25) is 0 Å². The van der Waals surface area contributed by atoms with Crippen LogP contribution in [-0.2, 0) is 22.4 Å². The largest absolute Gasteiger partial charge is 0.481 e. The van der Waals surface area contributed by atoms with E-state index in [2.05, 4.69) is 9.97 Å². The molecule has 0 radical (unpaired) electrons. The molecule has 1 fully saturated rings. The molecule has 0 amide bonds. The van der Waals surface area contributed by atoms with Crippen molar-refractivity contribution in [3.63, 3.8) is 0 Å². The SMILES string of the molecule is O=C(O)C1CCc2nc(C3CCCOC3)[nH]c2C1. The van der Waals surface area contributed by atoms with Crippen molar-refractivity contribution in [2.45, 2.75) is 38.0 Å². The smallest absolute Gasteiger partial charge is 0.306 e. The second-order valence-electron chi connectivity index (χ2n) is 5.24. The number of rotatable bonds is 2. The molecule has 2 aliphatic rings. The summed E-state index contributed by atoms with van der Waals surface area (Å²) in [4.78, 5) is 19.0. The van der Waals surface area contributed by atoms with Crippen molar-refractivity contribution in [1.29, 1.82) is 0 Å². The molecule has 1 saturated heterocycles. The molecule has 0 saturated carbocycles. The number of nitrogens with zero attached hydrogens (tertiary/aromatic N) is 1. The third-order valence-corrected chi connectivity index (χ3v) is 3.96. The molecule has 1 aromatic heterocycles. The van der Waals surface area contributed by atoms with E-state index in [9.17, 15) is 4.79 Å². The van der Waals surface area contributed by atoms with E-state index >= 15 is 0 Å². The summed E-state index contributed by atoms with van der Waals surface area (Å²) in [5, 5.41) is 9.07. The fourth-order valence-electron chi connectivity index (χ4n) is 2.86. The van der Waals surface area contributed by atoms with Crippen molar-refractivity contribution in [3.05, 3.63) is 17.2 Å². The van der Waals surface area contributed by atoms with Crippen LogP contribution in [0.4, 0.5) is 0 Å². The Hall–Kier alpha value is -1.36. The van der Waals surface area contributed by atoms with Crippen LogP contribution in [0, 0.1) is 5.92 Å². The fraction of sp³-hybridized carbons (Fsp3) is 0.692. The van der Waals surface area contributed by atoms with E-state index in [-0.39, 0.29) is 5.92 Å². The van der Waals surface area contributed by atoms with E-state index in [0.717, 1.165) is 49.7 Å². The minimum atomic E-state index is -0.696. The molecule has 0 aromatic carbocycles. The van der Waals surface area contributed by atoms with Gasteiger partial charge in [-0.05, 0) is 25.7 Å². The van der Waals surface area contributed by atoms with Crippen LogP contribution in [0.5, 0.6) is 0 Å². The molecular formula is C13H18N2O3. The summed E-state index contributed by atoms with van der Waals surface area (Å²) >= 11 is 0. The van der Waals surface area contributed by atoms with Crippen molar-refractivity contribution in [2.24, 2.45) is 5.92 Å². The molecule has 5 nitrogen and oxygen atoms in total. The lowest BCUT2D eigenvalue weighted by Crippen LogP contribution is -2.22. The van der Waals surface area contributed by atoms with Crippen molar-refractivity contribution >= 4 is 5.97 Å². The topological polar surface area (TPSA) is 75.2 Å². The third-order valence-electron chi connectivity index (χ3n) is 3.96. The summed E-state index contributed by atoms with van der Waals surface area (Å²) in [5.74, 6) is 0.393. The number of aromatic nitrogens is 2. The Kier molecular flexibility index (Phi) is 3.07. The Bertz CT molecular complexity index is 449. The first-order valence-corrected chi connectivity index (χ1v) is 6.62. The number of hydrogen-bond donors (Lipinski definition) is 2. The second-order valence-corrected chi connectivity index (χ2v) is 5.24. The quantitative estimate of drug-likeness (QED) is 0.834. The lowest BCUT2D eigenvalue weighted by Gasteiger charge is -2.19. The van der Waals surface area contributed by atoms with Crippen LogP contribution in [0.1, 0.15) is 42.4 Å². The fourth-order valence-corrected chi connectivity index (χ4v) is 2.86. The Morgan fingerprint density at radius 1 is 1.44 bits per heavy atom. The summed E-state index contributed by atoms with van der Waals surface area (Å²) in [7, 11) is 0. The van der Waals surface area contributed by atoms with Crippen LogP contribution < -0.4 is 0 Å². The molecule has 3 rings (SSSR count). The average Bonchev–Trinajstić information content (AvgIpc) is 2.82. The van der Waals surface area contributed by atoms with Crippen LogP contribution >= 0.6 is 0 Å². The highest BCUT2D eigenvalue weighted by Gasteiger charge is 2.28. The molecule has 2 atom stereocenters. The summed E-state index contributed by atoms with van der Waals surface area (Å²) in [6.45, 7) is 1.58. The Labute approximate surface area is 106 Å². The molecule has 18 heavy (non-hydrogen) atoms. The first-order valence-electron chi connectivity index (χ1n) is 6.62. The Morgan fingerprint density at radius 3 is 3.06 bits per heavy atom. The van der Waals surface area contributed by atoms with Gasteiger partial charge < -0.3 is 14.8 Å². The molecule has 98 valence electrons. The van der Waals surface area contributed by atoms with Gasteiger partial charge >= 0.3 is 5.97 Å². The number of H-pyrrole nitrogens is 1. The molecule has 1 aromatic rings. The van der Waals surface area contributed by atoms with Crippen molar-refractivity contribution in [1.82, 2.24) is 9.97 Å². The minimum absolute atomic E-state index is 0.256. The predicted molar refractivity (Wildman–Crippen MR) is 64.5 cm³/mol. The van der Waals surface area contributed by atoms with Crippen LogP contribution in [0.25, 0.3) is 0 Å². The highest BCUT2D eigenvalue weighted by atomic mass is 16.5. The summed E-state index contributed by atoms with van der Waals surface area (Å²) in [5.41, 5.74) is 2.09. The van der Waals surface area contributed by atoms with Gasteiger partial charge in [0.15, 0.2) is 0 Å². The molecule has 2 heterocycles. The van der Waals surface area contributed by atoms with Crippen molar-refractivity contribution in [2.75, 3.05) is 13.2 Å². The predicted octanol–water partition coefficient (Wildman–Crippen LogP) is 1.49. The van der Waals surface area contributed by atoms with Crippen LogP contribution in [0.3, 0.4) is 0 Å². The van der Waals surface area contributed by atoms with E-state index < -0.39 is 5.97 Å². The lowest BCUT2D eigenvalue weighted by molar-refractivity contribution is -0.142. The number of aromatic amines is 1. The third kappa shape index (κ3) is 2.14.